The SMILES string of the molecule is COc1cccc(CN2CCCC[C@H]3CN(C(=O)Cc4ccccc4)C[C@H]32)c1. The Kier molecular flexibility index (Phi) is 5.96. The molecule has 2 heterocycles. The average Bonchev–Trinajstić information content (AvgIpc) is 3.07. The molecule has 0 saturated carbocycles. The third-order valence-corrected chi connectivity index (χ3v) is 6.22. The van der Waals surface area contributed by atoms with Crippen molar-refractivity contribution in [2.75, 3.05) is 26.7 Å². The molecule has 4 rings (SSSR count). The summed E-state index contributed by atoms with van der Waals surface area (Å²) in [6.45, 7) is 3.81. The zero-order chi connectivity index (χ0) is 19.3. The van der Waals surface area contributed by atoms with Crippen LogP contribution < -0.4 is 4.74 Å². The van der Waals surface area contributed by atoms with Gasteiger partial charge in [-0.25, -0.2) is 0 Å². The predicted molar refractivity (Wildman–Crippen MR) is 111 cm³/mol. The fraction of sp³-hybridized carbons (Fsp3) is 0.458. The normalized spacial score (nSPS) is 22.5. The number of benzene rings is 2. The Balaban J connectivity index is 1.44. The minimum absolute atomic E-state index is 0.264. The Morgan fingerprint density at radius 1 is 1.04 bits per heavy atom. The van der Waals surface area contributed by atoms with E-state index in [0.29, 0.717) is 18.4 Å². The minimum atomic E-state index is 0.264. The summed E-state index contributed by atoms with van der Waals surface area (Å²) < 4.78 is 5.39. The van der Waals surface area contributed by atoms with Crippen LogP contribution >= 0.6 is 0 Å². The van der Waals surface area contributed by atoms with Crippen LogP contribution in [0.2, 0.25) is 0 Å². The summed E-state index contributed by atoms with van der Waals surface area (Å²) in [6, 6.07) is 18.9. The molecule has 0 N–H and O–H groups in total. The first-order valence-corrected chi connectivity index (χ1v) is 10.4. The van der Waals surface area contributed by atoms with E-state index in [0.717, 1.165) is 37.5 Å². The van der Waals surface area contributed by atoms with Crippen molar-refractivity contribution in [3.05, 3.63) is 65.7 Å². The number of hydrogen-bond acceptors (Lipinski definition) is 3. The van der Waals surface area contributed by atoms with E-state index in [4.69, 9.17) is 4.74 Å². The molecule has 2 aliphatic heterocycles. The van der Waals surface area contributed by atoms with Gasteiger partial charge in [0.15, 0.2) is 0 Å². The molecule has 0 unspecified atom stereocenters. The van der Waals surface area contributed by atoms with Crippen LogP contribution in [0, 0.1) is 5.92 Å². The third kappa shape index (κ3) is 4.39. The van der Waals surface area contributed by atoms with Crippen molar-refractivity contribution in [3.63, 3.8) is 0 Å². The number of rotatable bonds is 5. The van der Waals surface area contributed by atoms with Crippen LogP contribution in [0.15, 0.2) is 54.6 Å². The molecule has 0 bridgehead atoms. The lowest BCUT2D eigenvalue weighted by molar-refractivity contribution is -0.129. The highest BCUT2D eigenvalue weighted by atomic mass is 16.5. The number of methoxy groups -OCH3 is 1. The summed E-state index contributed by atoms with van der Waals surface area (Å²) in [5.41, 5.74) is 2.39. The molecule has 148 valence electrons. The van der Waals surface area contributed by atoms with E-state index >= 15 is 0 Å². The van der Waals surface area contributed by atoms with E-state index in [2.05, 4.69) is 28.0 Å². The number of likely N-dealkylation sites (tertiary alicyclic amines) is 2. The van der Waals surface area contributed by atoms with Crippen molar-refractivity contribution in [2.24, 2.45) is 5.92 Å². The van der Waals surface area contributed by atoms with E-state index < -0.39 is 0 Å². The van der Waals surface area contributed by atoms with Crippen molar-refractivity contribution < 1.29 is 9.53 Å². The maximum atomic E-state index is 12.9. The summed E-state index contributed by atoms with van der Waals surface area (Å²) in [7, 11) is 1.72. The van der Waals surface area contributed by atoms with Crippen molar-refractivity contribution in [3.8, 4) is 5.75 Å². The van der Waals surface area contributed by atoms with Gasteiger partial charge in [-0.2, -0.15) is 0 Å². The van der Waals surface area contributed by atoms with Crippen molar-refractivity contribution in [1.29, 1.82) is 0 Å². The van der Waals surface area contributed by atoms with Gasteiger partial charge >= 0.3 is 0 Å². The highest BCUT2D eigenvalue weighted by molar-refractivity contribution is 5.79. The molecule has 2 fully saturated rings. The summed E-state index contributed by atoms with van der Waals surface area (Å²) in [4.78, 5) is 17.6. The van der Waals surface area contributed by atoms with Crippen LogP contribution in [0.1, 0.15) is 30.4 Å². The first-order valence-electron chi connectivity index (χ1n) is 10.4. The number of hydrogen-bond donors (Lipinski definition) is 0. The minimum Gasteiger partial charge on any atom is -0.497 e. The molecule has 4 heteroatoms. The lowest BCUT2D eigenvalue weighted by Crippen LogP contribution is -2.40. The molecular weight excluding hydrogens is 348 g/mol. The molecule has 28 heavy (non-hydrogen) atoms. The summed E-state index contributed by atoms with van der Waals surface area (Å²) in [5, 5.41) is 0. The highest BCUT2D eigenvalue weighted by Crippen LogP contribution is 2.31. The van der Waals surface area contributed by atoms with Gasteiger partial charge in [-0.15, -0.1) is 0 Å². The first kappa shape index (κ1) is 19.0. The molecule has 2 aliphatic rings. The Labute approximate surface area is 168 Å². The number of ether oxygens (including phenoxy) is 1. The molecule has 0 aromatic heterocycles. The molecule has 0 spiro atoms. The molecule has 2 aromatic carbocycles. The van der Waals surface area contributed by atoms with Crippen molar-refractivity contribution in [2.45, 2.75) is 38.3 Å². The molecule has 1 amide bonds. The van der Waals surface area contributed by atoms with Crippen LogP contribution in [0.5, 0.6) is 5.75 Å². The van der Waals surface area contributed by atoms with Gasteiger partial charge in [-0.1, -0.05) is 48.9 Å². The zero-order valence-electron chi connectivity index (χ0n) is 16.7. The predicted octanol–water partition coefficient (Wildman–Crippen LogP) is 3.75. The standard InChI is InChI=1S/C24H30N2O2/c1-28-22-12-7-10-20(14-22)16-25-13-6-5-11-21-17-26(18-23(21)25)24(27)15-19-8-3-2-4-9-19/h2-4,7-10,12,14,21,23H,5-6,11,13,15-18H2,1H3/t21-,23+/m0/s1. The second-order valence-electron chi connectivity index (χ2n) is 8.11. The smallest absolute Gasteiger partial charge is 0.227 e. The Morgan fingerprint density at radius 2 is 1.86 bits per heavy atom. The highest BCUT2D eigenvalue weighted by Gasteiger charge is 2.39. The lowest BCUT2D eigenvalue weighted by Gasteiger charge is -2.30. The maximum Gasteiger partial charge on any atom is 0.227 e. The fourth-order valence-electron chi connectivity index (χ4n) is 4.73. The van der Waals surface area contributed by atoms with Gasteiger partial charge in [-0.05, 0) is 48.6 Å². The molecule has 2 aromatic rings. The number of amides is 1. The van der Waals surface area contributed by atoms with E-state index in [-0.39, 0.29) is 5.91 Å². The number of carbonyl (C=O) groups is 1. The number of fused-ring (bicyclic) bond motifs is 1. The number of nitrogens with zero attached hydrogens (tertiary/aromatic N) is 2. The van der Waals surface area contributed by atoms with E-state index in [1.807, 2.05) is 36.4 Å². The van der Waals surface area contributed by atoms with Gasteiger partial charge in [0, 0.05) is 25.7 Å². The fourth-order valence-corrected chi connectivity index (χ4v) is 4.73. The van der Waals surface area contributed by atoms with Gasteiger partial charge in [0.05, 0.1) is 13.5 Å². The Hall–Kier alpha value is -2.33. The average molecular weight is 379 g/mol. The zero-order valence-corrected chi connectivity index (χ0v) is 16.7. The molecule has 2 saturated heterocycles. The molecule has 2 atom stereocenters. The van der Waals surface area contributed by atoms with Crippen LogP contribution in [0.3, 0.4) is 0 Å². The van der Waals surface area contributed by atoms with E-state index in [1.165, 1.54) is 24.8 Å². The maximum absolute atomic E-state index is 12.9. The molecule has 4 nitrogen and oxygen atoms in total. The first-order chi connectivity index (χ1) is 13.7. The second-order valence-corrected chi connectivity index (χ2v) is 8.11. The van der Waals surface area contributed by atoms with Crippen LogP contribution in [0.4, 0.5) is 0 Å². The van der Waals surface area contributed by atoms with E-state index in [9.17, 15) is 4.79 Å². The van der Waals surface area contributed by atoms with E-state index in [1.54, 1.807) is 7.11 Å². The van der Waals surface area contributed by atoms with Crippen molar-refractivity contribution >= 4 is 5.91 Å². The van der Waals surface area contributed by atoms with Gasteiger partial charge in [0.1, 0.15) is 5.75 Å². The van der Waals surface area contributed by atoms with Gasteiger partial charge in [0.25, 0.3) is 0 Å². The Morgan fingerprint density at radius 3 is 2.68 bits per heavy atom. The topological polar surface area (TPSA) is 32.8 Å². The molecule has 0 radical (unpaired) electrons. The van der Waals surface area contributed by atoms with Gasteiger partial charge < -0.3 is 9.64 Å². The van der Waals surface area contributed by atoms with Crippen LogP contribution in [-0.4, -0.2) is 48.5 Å². The third-order valence-electron chi connectivity index (χ3n) is 6.22. The molecule has 0 aliphatic carbocycles. The number of carbonyl (C=O) groups excluding carboxylic acids is 1. The van der Waals surface area contributed by atoms with Gasteiger partial charge in [0.2, 0.25) is 5.91 Å². The molecular formula is C24H30N2O2. The quantitative estimate of drug-likeness (QED) is 0.794. The largest absolute Gasteiger partial charge is 0.497 e. The lowest BCUT2D eigenvalue weighted by atomic mass is 9.98. The summed E-state index contributed by atoms with van der Waals surface area (Å²) in [6.07, 6.45) is 4.25. The van der Waals surface area contributed by atoms with Crippen LogP contribution in [0.25, 0.3) is 0 Å². The van der Waals surface area contributed by atoms with Crippen molar-refractivity contribution in [1.82, 2.24) is 9.80 Å². The second kappa shape index (κ2) is 8.78. The summed E-state index contributed by atoms with van der Waals surface area (Å²) >= 11 is 0. The van der Waals surface area contributed by atoms with Crippen LogP contribution in [-0.2, 0) is 17.8 Å². The van der Waals surface area contributed by atoms with Gasteiger partial charge in [-0.3, -0.25) is 9.69 Å². The summed E-state index contributed by atoms with van der Waals surface area (Å²) in [5.74, 6) is 1.77. The monoisotopic (exact) mass is 378 g/mol. The Bertz CT molecular complexity index is 792.